The van der Waals surface area contributed by atoms with Gasteiger partial charge in [-0.15, -0.1) is 0 Å². The molecule has 1 aromatic carbocycles. The lowest BCUT2D eigenvalue weighted by molar-refractivity contribution is 0.814. The molecule has 64 valence electrons. The number of rotatable bonds is 3. The summed E-state index contributed by atoms with van der Waals surface area (Å²) in [5.74, 6) is 0. The highest BCUT2D eigenvalue weighted by atomic mass is 15.1. The van der Waals surface area contributed by atoms with Crippen molar-refractivity contribution < 1.29 is 0 Å². The van der Waals surface area contributed by atoms with Crippen molar-refractivity contribution in [1.29, 1.82) is 5.26 Å². The third-order valence-corrected chi connectivity index (χ3v) is 1.61. The van der Waals surface area contributed by atoms with Crippen molar-refractivity contribution in [2.75, 3.05) is 0 Å². The second-order valence-corrected chi connectivity index (χ2v) is 2.54. The van der Waals surface area contributed by atoms with Crippen LogP contribution in [-0.2, 0) is 6.42 Å². The molecule has 0 aliphatic carbocycles. The van der Waals surface area contributed by atoms with Crippen LogP contribution in [0.25, 0.3) is 10.4 Å². The van der Waals surface area contributed by atoms with Crippen molar-refractivity contribution in [1.82, 2.24) is 0 Å². The van der Waals surface area contributed by atoms with Gasteiger partial charge in [0.2, 0.25) is 0 Å². The Balaban J connectivity index is 2.69. The Morgan fingerprint density at radius 3 is 2.69 bits per heavy atom. The minimum absolute atomic E-state index is 0.474. The Kier molecular flexibility index (Phi) is 3.37. The van der Waals surface area contributed by atoms with Crippen molar-refractivity contribution in [2.24, 2.45) is 5.11 Å². The minimum atomic E-state index is -0.604. The molecule has 1 unspecified atom stereocenters. The summed E-state index contributed by atoms with van der Waals surface area (Å²) in [7, 11) is 0. The zero-order chi connectivity index (χ0) is 9.52. The zero-order valence-corrected chi connectivity index (χ0v) is 6.96. The molecule has 0 bridgehead atoms. The van der Waals surface area contributed by atoms with E-state index in [2.05, 4.69) is 10.0 Å². The molecule has 0 saturated heterocycles. The first-order valence-corrected chi connectivity index (χ1v) is 3.84. The molecule has 0 spiro atoms. The summed E-state index contributed by atoms with van der Waals surface area (Å²) in [5.41, 5.74) is 9.15. The van der Waals surface area contributed by atoms with Gasteiger partial charge in [-0.25, -0.2) is 0 Å². The molecular weight excluding hydrogens is 164 g/mol. The van der Waals surface area contributed by atoms with E-state index in [1.807, 2.05) is 36.4 Å². The fourth-order valence-electron chi connectivity index (χ4n) is 1.01. The largest absolute Gasteiger partial charge is 0.198 e. The molecule has 0 fully saturated rings. The van der Waals surface area contributed by atoms with Crippen LogP contribution in [0.4, 0.5) is 0 Å². The van der Waals surface area contributed by atoms with E-state index in [0.29, 0.717) is 6.42 Å². The molecule has 0 aliphatic heterocycles. The minimum Gasteiger partial charge on any atom is -0.198 e. The molecule has 13 heavy (non-hydrogen) atoms. The molecule has 4 nitrogen and oxygen atoms in total. The first-order chi connectivity index (χ1) is 6.36. The van der Waals surface area contributed by atoms with Gasteiger partial charge >= 0.3 is 0 Å². The SMILES string of the molecule is N#CC(Cc1ccccc1)N=[N+]=[N-]. The van der Waals surface area contributed by atoms with E-state index in [1.165, 1.54) is 0 Å². The molecule has 0 aromatic heterocycles. The first-order valence-electron chi connectivity index (χ1n) is 3.84. The summed E-state index contributed by atoms with van der Waals surface area (Å²) in [4.78, 5) is 2.61. The average Bonchev–Trinajstić information content (AvgIpc) is 2.19. The lowest BCUT2D eigenvalue weighted by atomic mass is 10.1. The highest BCUT2D eigenvalue weighted by Gasteiger charge is 2.04. The number of hydrogen-bond acceptors (Lipinski definition) is 2. The monoisotopic (exact) mass is 172 g/mol. The summed E-state index contributed by atoms with van der Waals surface area (Å²) in [6.07, 6.45) is 0.474. The average molecular weight is 172 g/mol. The summed E-state index contributed by atoms with van der Waals surface area (Å²) >= 11 is 0. The van der Waals surface area contributed by atoms with E-state index in [0.717, 1.165) is 5.56 Å². The van der Waals surface area contributed by atoms with Gasteiger partial charge in [-0.2, -0.15) is 5.26 Å². The lowest BCUT2D eigenvalue weighted by Gasteiger charge is -2.00. The van der Waals surface area contributed by atoms with Crippen molar-refractivity contribution in [3.63, 3.8) is 0 Å². The second-order valence-electron chi connectivity index (χ2n) is 2.54. The van der Waals surface area contributed by atoms with Gasteiger partial charge < -0.3 is 0 Å². The van der Waals surface area contributed by atoms with E-state index in [-0.39, 0.29) is 0 Å². The fraction of sp³-hybridized carbons (Fsp3) is 0.222. The smallest absolute Gasteiger partial charge is 0.129 e. The van der Waals surface area contributed by atoms with E-state index in [4.69, 9.17) is 10.8 Å². The van der Waals surface area contributed by atoms with Crippen LogP contribution in [0.3, 0.4) is 0 Å². The highest BCUT2D eigenvalue weighted by Crippen LogP contribution is 2.04. The van der Waals surface area contributed by atoms with E-state index in [9.17, 15) is 0 Å². The predicted molar refractivity (Wildman–Crippen MR) is 48.7 cm³/mol. The molecule has 0 heterocycles. The third-order valence-electron chi connectivity index (χ3n) is 1.61. The third kappa shape index (κ3) is 2.86. The summed E-state index contributed by atoms with van der Waals surface area (Å²) < 4.78 is 0. The zero-order valence-electron chi connectivity index (χ0n) is 6.96. The number of nitriles is 1. The molecular formula is C9H8N4. The van der Waals surface area contributed by atoms with E-state index < -0.39 is 6.04 Å². The topological polar surface area (TPSA) is 72.5 Å². The molecule has 0 N–H and O–H groups in total. The summed E-state index contributed by atoms with van der Waals surface area (Å²) in [6.45, 7) is 0. The van der Waals surface area contributed by atoms with Crippen LogP contribution >= 0.6 is 0 Å². The van der Waals surface area contributed by atoms with Gasteiger partial charge in [-0.05, 0) is 17.5 Å². The van der Waals surface area contributed by atoms with Crippen molar-refractivity contribution in [2.45, 2.75) is 12.5 Å². The summed E-state index contributed by atoms with van der Waals surface area (Å²) in [6, 6.07) is 10.8. The van der Waals surface area contributed by atoms with Crippen LogP contribution in [0.5, 0.6) is 0 Å². The number of azide groups is 1. The maximum atomic E-state index is 8.60. The van der Waals surface area contributed by atoms with E-state index >= 15 is 0 Å². The number of benzene rings is 1. The second kappa shape index (κ2) is 4.81. The Morgan fingerprint density at radius 1 is 1.46 bits per heavy atom. The highest BCUT2D eigenvalue weighted by molar-refractivity contribution is 5.17. The van der Waals surface area contributed by atoms with Crippen LogP contribution < -0.4 is 0 Å². The van der Waals surface area contributed by atoms with Gasteiger partial charge in [0, 0.05) is 4.91 Å². The predicted octanol–water partition coefficient (Wildman–Crippen LogP) is 2.43. The quantitative estimate of drug-likeness (QED) is 0.392. The molecule has 0 radical (unpaired) electrons. The van der Waals surface area contributed by atoms with Gasteiger partial charge in [0.1, 0.15) is 6.04 Å². The van der Waals surface area contributed by atoms with Gasteiger partial charge in [0.15, 0.2) is 0 Å². The lowest BCUT2D eigenvalue weighted by Crippen LogP contribution is -2.03. The molecule has 0 aliphatic rings. The molecule has 1 rings (SSSR count). The first kappa shape index (κ1) is 9.11. The van der Waals surface area contributed by atoms with Gasteiger partial charge in [-0.1, -0.05) is 35.4 Å². The maximum Gasteiger partial charge on any atom is 0.129 e. The van der Waals surface area contributed by atoms with E-state index in [1.54, 1.807) is 0 Å². The van der Waals surface area contributed by atoms with Crippen molar-refractivity contribution in [3.8, 4) is 6.07 Å². The van der Waals surface area contributed by atoms with Crippen LogP contribution in [0, 0.1) is 11.3 Å². The summed E-state index contributed by atoms with van der Waals surface area (Å²) in [5, 5.41) is 12.0. The Bertz CT molecular complexity index is 346. The normalized spacial score (nSPS) is 11.0. The van der Waals surface area contributed by atoms with Gasteiger partial charge in [-0.3, -0.25) is 0 Å². The molecule has 1 atom stereocenters. The maximum absolute atomic E-state index is 8.60. The van der Waals surface area contributed by atoms with Crippen LogP contribution in [0.1, 0.15) is 5.56 Å². The van der Waals surface area contributed by atoms with Crippen LogP contribution in [-0.4, -0.2) is 6.04 Å². The molecule has 0 saturated carbocycles. The molecule has 0 amide bonds. The fourth-order valence-corrected chi connectivity index (χ4v) is 1.01. The van der Waals surface area contributed by atoms with Crippen molar-refractivity contribution in [3.05, 3.63) is 46.3 Å². The standard InChI is InChI=1S/C9H8N4/c10-7-9(12-13-11)6-8-4-2-1-3-5-8/h1-5,9H,6H2. The van der Waals surface area contributed by atoms with Crippen LogP contribution in [0.2, 0.25) is 0 Å². The van der Waals surface area contributed by atoms with Crippen LogP contribution in [0.15, 0.2) is 35.4 Å². The number of hydrogen-bond donors (Lipinski definition) is 0. The molecule has 4 heteroatoms. The Hall–Kier alpha value is -1.98. The Morgan fingerprint density at radius 2 is 2.15 bits per heavy atom. The van der Waals surface area contributed by atoms with Crippen molar-refractivity contribution >= 4 is 0 Å². The number of nitrogens with zero attached hydrogens (tertiary/aromatic N) is 4. The van der Waals surface area contributed by atoms with Gasteiger partial charge in [0.25, 0.3) is 0 Å². The van der Waals surface area contributed by atoms with Gasteiger partial charge in [0.05, 0.1) is 6.07 Å². The molecule has 1 aromatic rings. The Labute approximate surface area is 76.1 Å².